The van der Waals surface area contributed by atoms with Gasteiger partial charge in [-0.25, -0.2) is 0 Å². The zero-order chi connectivity index (χ0) is 47.9. The number of fused-ring (bicyclic) bond motifs is 17. The van der Waals surface area contributed by atoms with E-state index in [4.69, 9.17) is 24.0 Å². The monoisotopic (exact) mass is 916 g/mol. The highest BCUT2D eigenvalue weighted by molar-refractivity contribution is 6.23. The first-order chi connectivity index (χ1) is 31.3. The van der Waals surface area contributed by atoms with Crippen LogP contribution in [0.2, 0.25) is 0 Å². The summed E-state index contributed by atoms with van der Waals surface area (Å²) in [7, 11) is 1.45. The molecule has 3 unspecified atom stereocenters. The molecule has 2 saturated heterocycles. The average molecular weight is 917 g/mol. The molecule has 0 spiro atoms. The van der Waals surface area contributed by atoms with Gasteiger partial charge in [-0.15, -0.1) is 0 Å². The van der Waals surface area contributed by atoms with Crippen LogP contribution >= 0.6 is 0 Å². The van der Waals surface area contributed by atoms with Crippen LogP contribution in [0.25, 0.3) is 10.8 Å². The number of rotatable bonds is 4. The number of ketones is 1. The number of Topliss-reactive ketones (excluding diaryl/α,β-unsaturated/α-hetero) is 1. The Bertz CT molecular complexity index is 2330. The number of amides is 1. The summed E-state index contributed by atoms with van der Waals surface area (Å²) in [4.78, 5) is 43.6. The van der Waals surface area contributed by atoms with E-state index in [1.165, 1.54) is 84.6 Å². The summed E-state index contributed by atoms with van der Waals surface area (Å²) in [6.45, 7) is 14.7. The van der Waals surface area contributed by atoms with Gasteiger partial charge in [0.1, 0.15) is 23.4 Å². The van der Waals surface area contributed by atoms with Crippen LogP contribution in [0.15, 0.2) is 41.2 Å². The van der Waals surface area contributed by atoms with Crippen molar-refractivity contribution < 1.29 is 58.9 Å². The number of hydrogen-bond acceptors (Lipinski definition) is 15. The Labute approximate surface area is 386 Å². The Balaban J connectivity index is 1.33. The van der Waals surface area contributed by atoms with Crippen LogP contribution in [0.5, 0.6) is 23.0 Å². The smallest absolute Gasteiger partial charge is 0.312 e. The third-order valence-corrected chi connectivity index (χ3v) is 15.1. The van der Waals surface area contributed by atoms with Crippen LogP contribution in [-0.4, -0.2) is 128 Å². The van der Waals surface area contributed by atoms with Crippen molar-refractivity contribution in [1.29, 1.82) is 0 Å². The molecule has 12 atom stereocenters. The standard InChI is InChI=1S/C50H68N4O12/c1-25-13-12-14-26(2)49(62)52-40-34(23-51-53-20-21-54-33(24-53)18-17-32-15-10-11-16-35(32)54)44(59)37-38(45(40)60)43(58)30(6)47-39(37)48(61)50(8,66-47)64-22-19-36(63-9)27(3)46(65-31(7)55)29(5)42(57)28(4)41(25)56/h12-14,19,22-23,25,27-29,32-33,35-36,41-42,46,56-60H,10-11,15-18,20-21,24H2,1-9H3,(H,52,62)/b13-12-,22-19-,26-14+,51-23+/t25-,27+,28+,29+,32?,33?,35?,36-,41-,42+,46+,50-/m0/s1. The molecule has 66 heavy (non-hydrogen) atoms. The Kier molecular flexibility index (Phi) is 14.5. The van der Waals surface area contributed by atoms with E-state index >= 15 is 0 Å². The fourth-order valence-corrected chi connectivity index (χ4v) is 11.0. The third kappa shape index (κ3) is 9.13. The maximum absolute atomic E-state index is 14.6. The number of carbonyl (C=O) groups is 3. The van der Waals surface area contributed by atoms with E-state index in [0.29, 0.717) is 25.2 Å². The summed E-state index contributed by atoms with van der Waals surface area (Å²) in [5.74, 6) is -7.51. The predicted octanol–water partition coefficient (Wildman–Crippen LogP) is 6.43. The van der Waals surface area contributed by atoms with E-state index in [1.807, 2.05) is 5.01 Å². The summed E-state index contributed by atoms with van der Waals surface area (Å²) in [5.41, 5.74) is -0.250. The van der Waals surface area contributed by atoms with Crippen molar-refractivity contribution in [3.8, 4) is 23.0 Å². The van der Waals surface area contributed by atoms with Crippen molar-refractivity contribution in [1.82, 2.24) is 9.91 Å². The van der Waals surface area contributed by atoms with Crippen molar-refractivity contribution in [2.45, 2.75) is 136 Å². The van der Waals surface area contributed by atoms with Gasteiger partial charge in [-0.2, -0.15) is 5.10 Å². The minimum atomic E-state index is -2.05. The number of ether oxygens (including phenoxy) is 4. The second-order valence-electron chi connectivity index (χ2n) is 19.4. The summed E-state index contributed by atoms with van der Waals surface area (Å²) >= 11 is 0. The minimum absolute atomic E-state index is 0.0681. The van der Waals surface area contributed by atoms with Gasteiger partial charge in [-0.3, -0.25) is 24.3 Å². The quantitative estimate of drug-likeness (QED) is 0.0844. The molecule has 8 rings (SSSR count). The molecule has 3 fully saturated rings. The fourth-order valence-electron chi connectivity index (χ4n) is 11.0. The lowest BCUT2D eigenvalue weighted by Crippen LogP contribution is -2.60. The number of esters is 1. The van der Waals surface area contributed by atoms with Crippen LogP contribution in [-0.2, 0) is 23.8 Å². The lowest BCUT2D eigenvalue weighted by Gasteiger charge is -2.52. The number of nitrogens with one attached hydrogen (secondary N) is 1. The number of phenolic OH excluding ortho intramolecular Hbond substituents is 3. The number of piperazine rings is 1. The molecule has 0 radical (unpaired) electrons. The number of nitrogens with zero attached hydrogens (tertiary/aromatic N) is 3. The number of anilines is 1. The number of methoxy groups -OCH3 is 1. The van der Waals surface area contributed by atoms with Crippen molar-refractivity contribution in [3.05, 3.63) is 52.8 Å². The topological polar surface area (TPSA) is 220 Å². The zero-order valence-electron chi connectivity index (χ0n) is 39.6. The number of aliphatic hydroxyl groups excluding tert-OH is 2. The van der Waals surface area contributed by atoms with Crippen molar-refractivity contribution in [3.63, 3.8) is 0 Å². The molecule has 360 valence electrons. The van der Waals surface area contributed by atoms with Crippen LogP contribution in [0.1, 0.15) is 108 Å². The van der Waals surface area contributed by atoms with Gasteiger partial charge >= 0.3 is 11.8 Å². The van der Waals surface area contributed by atoms with Crippen LogP contribution in [0.4, 0.5) is 5.69 Å². The normalized spacial score (nSPS) is 35.3. The summed E-state index contributed by atoms with van der Waals surface area (Å²) in [6.07, 6.45) is 12.3. The second kappa shape index (κ2) is 19.6. The molecule has 0 aromatic heterocycles. The molecule has 6 N–H and O–H groups in total. The summed E-state index contributed by atoms with van der Waals surface area (Å²) in [5, 5.41) is 68.2. The van der Waals surface area contributed by atoms with Crippen molar-refractivity contribution in [2.75, 3.05) is 32.1 Å². The molecule has 16 heteroatoms. The van der Waals surface area contributed by atoms with Crippen LogP contribution < -0.4 is 10.1 Å². The number of phenols is 3. The zero-order valence-corrected chi connectivity index (χ0v) is 39.6. The molecule has 5 bridgehead atoms. The Morgan fingerprint density at radius 1 is 0.924 bits per heavy atom. The molecule has 5 aliphatic heterocycles. The van der Waals surface area contributed by atoms with Crippen molar-refractivity contribution >= 4 is 40.3 Å². The first-order valence-electron chi connectivity index (χ1n) is 23.4. The molecule has 6 aliphatic rings. The number of piperidine rings is 1. The number of carbonyl (C=O) groups excluding carboxylic acids is 3. The van der Waals surface area contributed by atoms with E-state index in [9.17, 15) is 39.9 Å². The molecule has 16 nitrogen and oxygen atoms in total. The van der Waals surface area contributed by atoms with Gasteiger partial charge in [-0.05, 0) is 51.5 Å². The first kappa shape index (κ1) is 48.8. The SMILES string of the molecule is CO[C@H]1/C=C\O[C@@]2(C)Oc3c(C)c(O)c4c(O)c(c(/C=N/N5CCN6C(CCC7CCCCC76)C5)c(O)c4c3C2=O)NC(=O)/C(C)=C/C=C\[C@H](C)[C@H](O)[C@@H](C)[C@@H](O)[C@@H](C)[C@H](OC(C)=O)[C@@H]1C. The molecule has 1 amide bonds. The average Bonchev–Trinajstić information content (AvgIpc) is 3.56. The highest BCUT2D eigenvalue weighted by Gasteiger charge is 2.50. The number of benzene rings is 2. The molecule has 1 aliphatic carbocycles. The Morgan fingerprint density at radius 2 is 1.65 bits per heavy atom. The van der Waals surface area contributed by atoms with Gasteiger partial charge in [-0.1, -0.05) is 58.8 Å². The van der Waals surface area contributed by atoms with Gasteiger partial charge in [0.05, 0.1) is 59.5 Å². The predicted molar refractivity (Wildman–Crippen MR) is 248 cm³/mol. The minimum Gasteiger partial charge on any atom is -0.507 e. The number of hydrazone groups is 1. The maximum atomic E-state index is 14.6. The molecule has 2 aromatic rings. The molecule has 2 aromatic carbocycles. The Hall–Kier alpha value is -5.16. The second-order valence-corrected chi connectivity index (χ2v) is 19.4. The van der Waals surface area contributed by atoms with E-state index < -0.39 is 88.8 Å². The van der Waals surface area contributed by atoms with Gasteiger partial charge in [0.2, 0.25) is 0 Å². The van der Waals surface area contributed by atoms with E-state index in [0.717, 1.165) is 18.9 Å². The van der Waals surface area contributed by atoms with Crippen LogP contribution in [0, 0.1) is 36.5 Å². The number of allylic oxidation sites excluding steroid dienone is 2. The molecular formula is C50H68N4O12. The van der Waals surface area contributed by atoms with Gasteiger partial charge < -0.3 is 49.8 Å². The van der Waals surface area contributed by atoms with Gasteiger partial charge in [0, 0.05) is 86.3 Å². The summed E-state index contributed by atoms with van der Waals surface area (Å²) < 4.78 is 23.8. The lowest BCUT2D eigenvalue weighted by atomic mass is 9.76. The highest BCUT2D eigenvalue weighted by Crippen LogP contribution is 2.55. The summed E-state index contributed by atoms with van der Waals surface area (Å²) in [6, 6.07) is 0.880. The van der Waals surface area contributed by atoms with E-state index in [1.54, 1.807) is 46.8 Å². The number of aromatic hydroxyl groups is 3. The largest absolute Gasteiger partial charge is 0.507 e. The van der Waals surface area contributed by atoms with Crippen molar-refractivity contribution in [2.24, 2.45) is 34.7 Å². The lowest BCUT2D eigenvalue weighted by molar-refractivity contribution is -0.160. The maximum Gasteiger partial charge on any atom is 0.312 e. The van der Waals surface area contributed by atoms with Gasteiger partial charge in [0.15, 0.2) is 5.75 Å². The third-order valence-electron chi connectivity index (χ3n) is 15.1. The number of hydrogen-bond donors (Lipinski definition) is 6. The molecule has 1 saturated carbocycles. The van der Waals surface area contributed by atoms with E-state index in [2.05, 4.69) is 10.2 Å². The number of aliphatic hydroxyl groups is 2. The fraction of sp³-hybridized carbons (Fsp3) is 0.600. The Morgan fingerprint density at radius 3 is 2.36 bits per heavy atom. The molecule has 5 heterocycles. The highest BCUT2D eigenvalue weighted by atomic mass is 16.7. The van der Waals surface area contributed by atoms with E-state index in [-0.39, 0.29) is 44.5 Å². The molecular weight excluding hydrogens is 849 g/mol. The first-order valence-corrected chi connectivity index (χ1v) is 23.4. The van der Waals surface area contributed by atoms with Crippen LogP contribution in [0.3, 0.4) is 0 Å². The van der Waals surface area contributed by atoms with Gasteiger partial charge in [0.25, 0.3) is 11.7 Å².